The Morgan fingerprint density at radius 2 is 1.81 bits per heavy atom. The number of amides is 3. The van der Waals surface area contributed by atoms with E-state index in [-0.39, 0.29) is 36.6 Å². The number of carbonyl (C=O) groups excluding carboxylic acids is 3. The Hall–Kier alpha value is -2.37. The van der Waals surface area contributed by atoms with Crippen LogP contribution in [0, 0.1) is 12.8 Å². The number of benzene rings is 1. The van der Waals surface area contributed by atoms with Gasteiger partial charge in [0.15, 0.2) is 0 Å². The van der Waals surface area contributed by atoms with E-state index in [1.807, 2.05) is 36.1 Å². The first kappa shape index (κ1) is 17.1. The van der Waals surface area contributed by atoms with Crippen LogP contribution in [-0.4, -0.2) is 64.6 Å². The number of nitrogens with zero attached hydrogens (tertiary/aromatic N) is 3. The molecular weight excluding hydrogens is 330 g/mol. The van der Waals surface area contributed by atoms with Gasteiger partial charge in [0.05, 0.1) is 12.5 Å². The molecule has 3 fully saturated rings. The van der Waals surface area contributed by atoms with Gasteiger partial charge in [-0.3, -0.25) is 14.4 Å². The Morgan fingerprint density at radius 1 is 1.08 bits per heavy atom. The Morgan fingerprint density at radius 3 is 2.46 bits per heavy atom. The van der Waals surface area contributed by atoms with Gasteiger partial charge < -0.3 is 14.7 Å². The van der Waals surface area contributed by atoms with E-state index in [9.17, 15) is 14.4 Å². The maximum absolute atomic E-state index is 12.8. The predicted octanol–water partition coefficient (Wildman–Crippen LogP) is 1.18. The summed E-state index contributed by atoms with van der Waals surface area (Å²) in [6, 6.07) is 8.51. The Kier molecular flexibility index (Phi) is 4.42. The lowest BCUT2D eigenvalue weighted by atomic mass is 10.1. The summed E-state index contributed by atoms with van der Waals surface area (Å²) in [4.78, 5) is 42.7. The predicted molar refractivity (Wildman–Crippen MR) is 96.0 cm³/mol. The quantitative estimate of drug-likeness (QED) is 0.815. The smallest absolute Gasteiger partial charge is 0.242 e. The van der Waals surface area contributed by atoms with Gasteiger partial charge in [0.2, 0.25) is 17.7 Å². The molecule has 4 rings (SSSR count). The van der Waals surface area contributed by atoms with Gasteiger partial charge in [-0.05, 0) is 25.3 Å². The Bertz CT molecular complexity index is 726. The third-order valence-electron chi connectivity index (χ3n) is 5.61. The van der Waals surface area contributed by atoms with Gasteiger partial charge in [-0.25, -0.2) is 0 Å². The number of hydrogen-bond donors (Lipinski definition) is 0. The fourth-order valence-electron chi connectivity index (χ4n) is 3.91. The standard InChI is InChI=1S/C20H25N3O3/c1-14-2-4-15(5-3-14)11-22-12-16(10-18(22)24)20(26)21-8-9-23(17-6-7-17)19(25)13-21/h2-5,16-17H,6-13H2,1H3. The molecule has 3 aliphatic rings. The average molecular weight is 355 g/mol. The molecule has 6 heteroatoms. The van der Waals surface area contributed by atoms with Crippen LogP contribution in [0.1, 0.15) is 30.4 Å². The second-order valence-corrected chi connectivity index (χ2v) is 7.74. The SMILES string of the molecule is Cc1ccc(CN2CC(C(=O)N3CCN(C4CC4)C(=O)C3)CC2=O)cc1. The minimum atomic E-state index is -0.326. The molecule has 1 aliphatic carbocycles. The zero-order valence-electron chi connectivity index (χ0n) is 15.2. The van der Waals surface area contributed by atoms with Gasteiger partial charge in [0.1, 0.15) is 0 Å². The van der Waals surface area contributed by atoms with Crippen molar-refractivity contribution in [2.45, 2.75) is 38.8 Å². The molecular formula is C20H25N3O3. The number of piperazine rings is 1. The van der Waals surface area contributed by atoms with Crippen molar-refractivity contribution in [1.29, 1.82) is 0 Å². The lowest BCUT2D eigenvalue weighted by Gasteiger charge is -2.35. The van der Waals surface area contributed by atoms with Crippen LogP contribution in [0.2, 0.25) is 0 Å². The van der Waals surface area contributed by atoms with Crippen LogP contribution in [0.4, 0.5) is 0 Å². The van der Waals surface area contributed by atoms with E-state index in [2.05, 4.69) is 0 Å². The van der Waals surface area contributed by atoms with Gasteiger partial charge in [-0.1, -0.05) is 29.8 Å². The first-order valence-corrected chi connectivity index (χ1v) is 9.43. The van der Waals surface area contributed by atoms with Crippen molar-refractivity contribution in [3.8, 4) is 0 Å². The number of hydrogen-bond acceptors (Lipinski definition) is 3. The molecule has 1 atom stereocenters. The molecule has 2 saturated heterocycles. The van der Waals surface area contributed by atoms with Crippen LogP contribution in [0.25, 0.3) is 0 Å². The molecule has 26 heavy (non-hydrogen) atoms. The van der Waals surface area contributed by atoms with Gasteiger partial charge in [0.25, 0.3) is 0 Å². The second kappa shape index (κ2) is 6.74. The van der Waals surface area contributed by atoms with Crippen molar-refractivity contribution in [1.82, 2.24) is 14.7 Å². The average Bonchev–Trinajstić information content (AvgIpc) is 3.40. The summed E-state index contributed by atoms with van der Waals surface area (Å²) in [6.07, 6.45) is 2.43. The van der Waals surface area contributed by atoms with Crippen molar-refractivity contribution < 1.29 is 14.4 Å². The van der Waals surface area contributed by atoms with E-state index in [0.29, 0.717) is 32.2 Å². The molecule has 2 aliphatic heterocycles. The van der Waals surface area contributed by atoms with Crippen LogP contribution in [0.15, 0.2) is 24.3 Å². The fourth-order valence-corrected chi connectivity index (χ4v) is 3.91. The normalized spacial score (nSPS) is 23.7. The zero-order chi connectivity index (χ0) is 18.3. The van der Waals surface area contributed by atoms with Gasteiger partial charge in [-0.15, -0.1) is 0 Å². The highest BCUT2D eigenvalue weighted by Crippen LogP contribution is 2.29. The van der Waals surface area contributed by atoms with E-state index >= 15 is 0 Å². The summed E-state index contributed by atoms with van der Waals surface area (Å²) in [7, 11) is 0. The molecule has 138 valence electrons. The minimum absolute atomic E-state index is 0.0202. The van der Waals surface area contributed by atoms with E-state index in [4.69, 9.17) is 0 Å². The highest BCUT2D eigenvalue weighted by molar-refractivity contribution is 5.92. The summed E-state index contributed by atoms with van der Waals surface area (Å²) < 4.78 is 0. The molecule has 1 saturated carbocycles. The molecule has 2 heterocycles. The fraction of sp³-hybridized carbons (Fsp3) is 0.550. The van der Waals surface area contributed by atoms with Gasteiger partial charge >= 0.3 is 0 Å². The highest BCUT2D eigenvalue weighted by atomic mass is 16.2. The van der Waals surface area contributed by atoms with Crippen LogP contribution in [0.5, 0.6) is 0 Å². The monoisotopic (exact) mass is 355 g/mol. The minimum Gasteiger partial charge on any atom is -0.338 e. The molecule has 3 amide bonds. The van der Waals surface area contributed by atoms with Crippen molar-refractivity contribution in [2.75, 3.05) is 26.2 Å². The largest absolute Gasteiger partial charge is 0.338 e. The van der Waals surface area contributed by atoms with Crippen LogP contribution in [0.3, 0.4) is 0 Å². The van der Waals surface area contributed by atoms with Crippen molar-refractivity contribution in [2.24, 2.45) is 5.92 Å². The second-order valence-electron chi connectivity index (χ2n) is 7.74. The van der Waals surface area contributed by atoms with Crippen molar-refractivity contribution in [3.63, 3.8) is 0 Å². The summed E-state index contributed by atoms with van der Waals surface area (Å²) in [6.45, 7) is 4.40. The van der Waals surface area contributed by atoms with E-state index < -0.39 is 0 Å². The third kappa shape index (κ3) is 3.45. The maximum atomic E-state index is 12.8. The molecule has 1 aromatic rings. The molecule has 6 nitrogen and oxygen atoms in total. The molecule has 0 radical (unpaired) electrons. The van der Waals surface area contributed by atoms with Crippen molar-refractivity contribution >= 4 is 17.7 Å². The van der Waals surface area contributed by atoms with Gasteiger partial charge in [-0.2, -0.15) is 0 Å². The lowest BCUT2D eigenvalue weighted by molar-refractivity contribution is -0.147. The van der Waals surface area contributed by atoms with E-state index in [0.717, 1.165) is 18.4 Å². The Balaban J connectivity index is 1.35. The highest BCUT2D eigenvalue weighted by Gasteiger charge is 2.41. The molecule has 0 spiro atoms. The molecule has 1 aromatic carbocycles. The van der Waals surface area contributed by atoms with Crippen LogP contribution < -0.4 is 0 Å². The molecule has 0 N–H and O–H groups in total. The first-order chi connectivity index (χ1) is 12.5. The molecule has 1 unspecified atom stereocenters. The third-order valence-corrected chi connectivity index (χ3v) is 5.61. The van der Waals surface area contributed by atoms with Crippen molar-refractivity contribution in [3.05, 3.63) is 35.4 Å². The summed E-state index contributed by atoms with van der Waals surface area (Å²) in [5.41, 5.74) is 2.26. The summed E-state index contributed by atoms with van der Waals surface area (Å²) in [5.74, 6) is -0.304. The summed E-state index contributed by atoms with van der Waals surface area (Å²) in [5, 5.41) is 0. The number of carbonyl (C=O) groups is 3. The lowest BCUT2D eigenvalue weighted by Crippen LogP contribution is -2.54. The summed E-state index contributed by atoms with van der Waals surface area (Å²) >= 11 is 0. The van der Waals surface area contributed by atoms with E-state index in [1.165, 1.54) is 5.56 Å². The van der Waals surface area contributed by atoms with Crippen LogP contribution >= 0.6 is 0 Å². The van der Waals surface area contributed by atoms with Crippen LogP contribution in [-0.2, 0) is 20.9 Å². The molecule has 0 bridgehead atoms. The van der Waals surface area contributed by atoms with E-state index in [1.54, 1.807) is 9.80 Å². The maximum Gasteiger partial charge on any atom is 0.242 e. The Labute approximate surface area is 153 Å². The number of aryl methyl sites for hydroxylation is 1. The zero-order valence-corrected chi connectivity index (χ0v) is 15.2. The molecule has 0 aromatic heterocycles. The topological polar surface area (TPSA) is 60.9 Å². The number of rotatable bonds is 4. The first-order valence-electron chi connectivity index (χ1n) is 9.43. The number of likely N-dealkylation sites (tertiary alicyclic amines) is 1. The van der Waals surface area contributed by atoms with Gasteiger partial charge in [0, 0.05) is 38.6 Å².